The summed E-state index contributed by atoms with van der Waals surface area (Å²) in [5.41, 5.74) is 6.07. The number of ether oxygens (including phenoxy) is 1. The number of hydrogen-bond acceptors (Lipinski definition) is 5. The first-order chi connectivity index (χ1) is 10.1. The first-order valence-corrected chi connectivity index (χ1v) is 8.86. The molecule has 21 heavy (non-hydrogen) atoms. The molecule has 3 rings (SSSR count). The molecule has 1 aliphatic carbocycles. The fourth-order valence-electron chi connectivity index (χ4n) is 3.30. The Bertz CT molecular complexity index is 603. The van der Waals surface area contributed by atoms with Crippen LogP contribution in [0, 0.1) is 0 Å². The van der Waals surface area contributed by atoms with E-state index in [0.29, 0.717) is 18.8 Å². The highest BCUT2D eigenvalue weighted by molar-refractivity contribution is 7.89. The predicted molar refractivity (Wildman–Crippen MR) is 78.0 cm³/mol. The second-order valence-corrected chi connectivity index (χ2v) is 7.39. The largest absolute Gasteiger partial charge is 0.375 e. The Kier molecular flexibility index (Phi) is 4.26. The Hall–Kier alpha value is -1.02. The van der Waals surface area contributed by atoms with Gasteiger partial charge in [-0.2, -0.15) is 4.31 Å². The summed E-state index contributed by atoms with van der Waals surface area (Å²) in [7, 11) is -3.56. The average molecular weight is 311 g/mol. The van der Waals surface area contributed by atoms with Crippen molar-refractivity contribution >= 4 is 10.0 Å². The summed E-state index contributed by atoms with van der Waals surface area (Å²) in [6.07, 6.45) is 5.56. The van der Waals surface area contributed by atoms with E-state index in [0.717, 1.165) is 25.7 Å². The van der Waals surface area contributed by atoms with E-state index in [9.17, 15) is 8.42 Å². The molecule has 2 unspecified atom stereocenters. The van der Waals surface area contributed by atoms with Gasteiger partial charge in [0.2, 0.25) is 10.0 Å². The lowest BCUT2D eigenvalue weighted by molar-refractivity contribution is -0.0586. The maximum atomic E-state index is 13.0. The Morgan fingerprint density at radius 1 is 1.38 bits per heavy atom. The molecular formula is C14H21N3O3S. The maximum absolute atomic E-state index is 13.0. The lowest BCUT2D eigenvalue weighted by Crippen LogP contribution is -2.54. The van der Waals surface area contributed by atoms with E-state index in [2.05, 4.69) is 4.98 Å². The molecule has 1 aromatic rings. The SMILES string of the molecule is NCc1ncccc1S(=O)(=O)N1CCOC2CCCCC21. The van der Waals surface area contributed by atoms with E-state index in [4.69, 9.17) is 10.5 Å². The van der Waals surface area contributed by atoms with E-state index in [1.165, 1.54) is 0 Å². The van der Waals surface area contributed by atoms with Crippen LogP contribution in [0.25, 0.3) is 0 Å². The molecule has 0 bridgehead atoms. The van der Waals surface area contributed by atoms with E-state index >= 15 is 0 Å². The number of sulfonamides is 1. The molecule has 2 fully saturated rings. The van der Waals surface area contributed by atoms with Crippen LogP contribution in [0.1, 0.15) is 31.4 Å². The van der Waals surface area contributed by atoms with Gasteiger partial charge < -0.3 is 10.5 Å². The van der Waals surface area contributed by atoms with Crippen molar-refractivity contribution in [2.75, 3.05) is 13.2 Å². The van der Waals surface area contributed by atoms with Crippen molar-refractivity contribution in [3.8, 4) is 0 Å². The third kappa shape index (κ3) is 2.70. The van der Waals surface area contributed by atoms with Crippen LogP contribution in [0.15, 0.2) is 23.2 Å². The lowest BCUT2D eigenvalue weighted by atomic mass is 9.91. The highest BCUT2D eigenvalue weighted by Gasteiger charge is 2.41. The topological polar surface area (TPSA) is 85.5 Å². The Balaban J connectivity index is 1.96. The van der Waals surface area contributed by atoms with Crippen LogP contribution < -0.4 is 5.73 Å². The molecular weight excluding hydrogens is 290 g/mol. The number of aromatic nitrogens is 1. The molecule has 0 radical (unpaired) electrons. The number of rotatable bonds is 3. The van der Waals surface area contributed by atoms with Gasteiger partial charge in [0, 0.05) is 19.3 Å². The smallest absolute Gasteiger partial charge is 0.245 e. The van der Waals surface area contributed by atoms with Gasteiger partial charge in [0.1, 0.15) is 4.90 Å². The number of fused-ring (bicyclic) bond motifs is 1. The molecule has 1 aliphatic heterocycles. The summed E-state index contributed by atoms with van der Waals surface area (Å²) >= 11 is 0. The second kappa shape index (κ2) is 6.00. The zero-order valence-electron chi connectivity index (χ0n) is 11.9. The number of pyridine rings is 1. The Morgan fingerprint density at radius 2 is 2.19 bits per heavy atom. The minimum atomic E-state index is -3.56. The molecule has 0 spiro atoms. The monoisotopic (exact) mass is 311 g/mol. The highest BCUT2D eigenvalue weighted by Crippen LogP contribution is 2.32. The molecule has 2 atom stereocenters. The van der Waals surface area contributed by atoms with Crippen LogP contribution in [0.5, 0.6) is 0 Å². The van der Waals surface area contributed by atoms with Gasteiger partial charge >= 0.3 is 0 Å². The van der Waals surface area contributed by atoms with Gasteiger partial charge in [0.05, 0.1) is 24.4 Å². The van der Waals surface area contributed by atoms with Crippen molar-refractivity contribution in [2.24, 2.45) is 5.73 Å². The first kappa shape index (κ1) is 14.9. The Morgan fingerprint density at radius 3 is 3.00 bits per heavy atom. The molecule has 1 saturated heterocycles. The molecule has 1 aromatic heterocycles. The third-order valence-electron chi connectivity index (χ3n) is 4.31. The molecule has 0 aromatic carbocycles. The quantitative estimate of drug-likeness (QED) is 0.895. The van der Waals surface area contributed by atoms with Crippen LogP contribution >= 0.6 is 0 Å². The van der Waals surface area contributed by atoms with Crippen LogP contribution in [0.4, 0.5) is 0 Å². The van der Waals surface area contributed by atoms with Crippen molar-refractivity contribution < 1.29 is 13.2 Å². The molecule has 6 nitrogen and oxygen atoms in total. The van der Waals surface area contributed by atoms with Gasteiger partial charge in [0.25, 0.3) is 0 Å². The third-order valence-corrected chi connectivity index (χ3v) is 6.31. The van der Waals surface area contributed by atoms with Gasteiger partial charge in [0.15, 0.2) is 0 Å². The Labute approximate surface area is 125 Å². The summed E-state index contributed by atoms with van der Waals surface area (Å²) < 4.78 is 33.4. The second-order valence-electron chi connectivity index (χ2n) is 5.53. The van der Waals surface area contributed by atoms with E-state index in [1.807, 2.05) is 0 Å². The minimum absolute atomic E-state index is 0.0280. The zero-order chi connectivity index (χ0) is 14.9. The van der Waals surface area contributed by atoms with Gasteiger partial charge in [-0.1, -0.05) is 12.8 Å². The van der Waals surface area contributed by atoms with E-state index < -0.39 is 10.0 Å². The molecule has 7 heteroatoms. The summed E-state index contributed by atoms with van der Waals surface area (Å²) in [4.78, 5) is 4.34. The molecule has 1 saturated carbocycles. The van der Waals surface area contributed by atoms with Gasteiger partial charge in [-0.3, -0.25) is 4.98 Å². The molecule has 2 heterocycles. The normalized spacial score (nSPS) is 27.3. The first-order valence-electron chi connectivity index (χ1n) is 7.42. The van der Waals surface area contributed by atoms with Crippen molar-refractivity contribution in [1.29, 1.82) is 0 Å². The van der Waals surface area contributed by atoms with Gasteiger partial charge in [-0.25, -0.2) is 8.42 Å². The summed E-state index contributed by atoms with van der Waals surface area (Å²) in [5, 5.41) is 0. The van der Waals surface area contributed by atoms with Crippen LogP contribution in [0.2, 0.25) is 0 Å². The van der Waals surface area contributed by atoms with E-state index in [-0.39, 0.29) is 23.6 Å². The van der Waals surface area contributed by atoms with Crippen molar-refractivity contribution in [3.63, 3.8) is 0 Å². The van der Waals surface area contributed by atoms with Crippen molar-refractivity contribution in [3.05, 3.63) is 24.0 Å². The molecule has 0 amide bonds. The number of hydrogen-bond donors (Lipinski definition) is 1. The van der Waals surface area contributed by atoms with Gasteiger partial charge in [-0.15, -0.1) is 0 Å². The predicted octanol–water partition coefficient (Wildman–Crippen LogP) is 0.872. The standard InChI is InChI=1S/C14H21N3O3S/c15-10-11-14(6-3-7-16-11)21(18,19)17-8-9-20-13-5-2-1-4-12(13)17/h3,6-7,12-13H,1-2,4-5,8-10,15H2. The lowest BCUT2D eigenvalue weighted by Gasteiger charge is -2.42. The van der Waals surface area contributed by atoms with Crippen LogP contribution in [0.3, 0.4) is 0 Å². The summed E-state index contributed by atoms with van der Waals surface area (Å²) in [6, 6.07) is 3.19. The van der Waals surface area contributed by atoms with E-state index in [1.54, 1.807) is 22.6 Å². The van der Waals surface area contributed by atoms with Crippen LogP contribution in [-0.2, 0) is 21.3 Å². The molecule has 2 N–H and O–H groups in total. The zero-order valence-corrected chi connectivity index (χ0v) is 12.8. The minimum Gasteiger partial charge on any atom is -0.375 e. The fraction of sp³-hybridized carbons (Fsp3) is 0.643. The molecule has 116 valence electrons. The highest BCUT2D eigenvalue weighted by atomic mass is 32.2. The van der Waals surface area contributed by atoms with Crippen molar-refractivity contribution in [1.82, 2.24) is 9.29 Å². The number of nitrogens with two attached hydrogens (primary N) is 1. The van der Waals surface area contributed by atoms with Gasteiger partial charge in [-0.05, 0) is 25.0 Å². The summed E-state index contributed by atoms with van der Waals surface area (Å²) in [6.45, 7) is 0.981. The summed E-state index contributed by atoms with van der Waals surface area (Å²) in [5.74, 6) is 0. The molecule has 2 aliphatic rings. The van der Waals surface area contributed by atoms with Crippen LogP contribution in [-0.4, -0.2) is 43.0 Å². The fourth-order valence-corrected chi connectivity index (χ4v) is 5.15. The number of nitrogens with zero attached hydrogens (tertiary/aromatic N) is 2. The average Bonchev–Trinajstić information content (AvgIpc) is 2.54. The number of morpholine rings is 1. The van der Waals surface area contributed by atoms with Crippen molar-refractivity contribution in [2.45, 2.75) is 49.3 Å². The maximum Gasteiger partial charge on any atom is 0.245 e.